The highest BCUT2D eigenvalue weighted by atomic mass is 16.5. The van der Waals surface area contributed by atoms with Gasteiger partial charge in [0, 0.05) is 32.4 Å². The highest BCUT2D eigenvalue weighted by Crippen LogP contribution is 2.27. The molecule has 1 heterocycles. The second-order valence-corrected chi connectivity index (χ2v) is 6.27. The van der Waals surface area contributed by atoms with Gasteiger partial charge in [-0.05, 0) is 51.0 Å². The average molecular weight is 374 g/mol. The molecule has 2 rings (SSSR count). The van der Waals surface area contributed by atoms with Crippen molar-refractivity contribution in [2.24, 2.45) is 4.99 Å². The summed E-state index contributed by atoms with van der Waals surface area (Å²) >= 11 is 0. The van der Waals surface area contributed by atoms with Gasteiger partial charge in [-0.1, -0.05) is 6.07 Å². The number of hydrogen-bond donors (Lipinski definition) is 2. The van der Waals surface area contributed by atoms with E-state index >= 15 is 0 Å². The van der Waals surface area contributed by atoms with Gasteiger partial charge in [-0.3, -0.25) is 9.67 Å². The molecule has 1 aromatic heterocycles. The zero-order valence-electron chi connectivity index (χ0n) is 17.0. The molecule has 0 amide bonds. The van der Waals surface area contributed by atoms with Crippen molar-refractivity contribution in [1.29, 1.82) is 0 Å². The Morgan fingerprint density at radius 3 is 2.63 bits per heavy atom. The molecule has 7 nitrogen and oxygen atoms in total. The van der Waals surface area contributed by atoms with Crippen LogP contribution in [0.25, 0.3) is 0 Å². The van der Waals surface area contributed by atoms with Crippen LogP contribution in [0, 0.1) is 13.8 Å². The Labute approximate surface area is 161 Å². The first-order valence-electron chi connectivity index (χ1n) is 9.32. The van der Waals surface area contributed by atoms with Gasteiger partial charge in [0.25, 0.3) is 0 Å². The number of benzene rings is 1. The Bertz CT molecular complexity index is 755. The molecule has 7 heteroatoms. The third-order valence-electron chi connectivity index (χ3n) is 4.15. The van der Waals surface area contributed by atoms with Gasteiger partial charge >= 0.3 is 0 Å². The van der Waals surface area contributed by atoms with Crippen LogP contribution in [0.5, 0.6) is 11.5 Å². The quantitative estimate of drug-likeness (QED) is 0.402. The number of methoxy groups -OCH3 is 1. The van der Waals surface area contributed by atoms with Gasteiger partial charge in [0.1, 0.15) is 0 Å². The van der Waals surface area contributed by atoms with Crippen LogP contribution >= 0.6 is 0 Å². The van der Waals surface area contributed by atoms with Gasteiger partial charge in [0.2, 0.25) is 0 Å². The average Bonchev–Trinajstić information content (AvgIpc) is 2.98. The second kappa shape index (κ2) is 10.4. The monoisotopic (exact) mass is 373 g/mol. The molecule has 0 aliphatic carbocycles. The zero-order chi connectivity index (χ0) is 19.6. The van der Waals surface area contributed by atoms with Crippen molar-refractivity contribution < 1.29 is 9.47 Å². The van der Waals surface area contributed by atoms with E-state index in [0.717, 1.165) is 48.2 Å². The fourth-order valence-electron chi connectivity index (χ4n) is 2.84. The summed E-state index contributed by atoms with van der Waals surface area (Å²) < 4.78 is 13.0. The normalized spacial score (nSPS) is 11.4. The summed E-state index contributed by atoms with van der Waals surface area (Å²) in [7, 11) is 3.42. The molecule has 0 saturated carbocycles. The summed E-state index contributed by atoms with van der Waals surface area (Å²) in [5.74, 6) is 2.27. The predicted octanol–water partition coefficient (Wildman–Crippen LogP) is 2.66. The third-order valence-corrected chi connectivity index (χ3v) is 4.15. The summed E-state index contributed by atoms with van der Waals surface area (Å²) in [5, 5.41) is 11.1. The van der Waals surface area contributed by atoms with E-state index in [1.54, 1.807) is 14.2 Å². The maximum atomic E-state index is 5.63. The minimum absolute atomic E-state index is 0.603. The first kappa shape index (κ1) is 20.6. The van der Waals surface area contributed by atoms with Crippen molar-refractivity contribution in [2.75, 3.05) is 27.3 Å². The number of ether oxygens (including phenoxy) is 2. The van der Waals surface area contributed by atoms with Crippen LogP contribution < -0.4 is 20.1 Å². The molecule has 0 atom stereocenters. The molecule has 148 valence electrons. The molecule has 0 saturated heterocycles. The van der Waals surface area contributed by atoms with Crippen molar-refractivity contribution in [2.45, 2.75) is 40.3 Å². The van der Waals surface area contributed by atoms with E-state index < -0.39 is 0 Å². The van der Waals surface area contributed by atoms with E-state index in [1.807, 2.05) is 36.7 Å². The second-order valence-electron chi connectivity index (χ2n) is 6.27. The van der Waals surface area contributed by atoms with Crippen LogP contribution in [-0.2, 0) is 13.1 Å². The summed E-state index contributed by atoms with van der Waals surface area (Å²) in [6, 6.07) is 8.03. The number of aryl methyl sites for hydroxylation is 3. The van der Waals surface area contributed by atoms with Crippen molar-refractivity contribution in [3.05, 3.63) is 41.2 Å². The van der Waals surface area contributed by atoms with Gasteiger partial charge in [0.05, 0.1) is 19.4 Å². The molecule has 0 spiro atoms. The van der Waals surface area contributed by atoms with Crippen LogP contribution in [0.4, 0.5) is 0 Å². The standard InChI is InChI=1S/C20H31N5O2/c1-6-27-19-13-17(8-9-18(19)26-5)14-23-20(21-4)22-10-7-11-25-16(3)12-15(2)24-25/h8-9,12-13H,6-7,10-11,14H2,1-5H3,(H2,21,22,23). The number of nitrogens with zero attached hydrogens (tertiary/aromatic N) is 3. The van der Waals surface area contributed by atoms with E-state index in [1.165, 1.54) is 5.69 Å². The van der Waals surface area contributed by atoms with E-state index in [0.29, 0.717) is 13.2 Å². The molecule has 0 bridgehead atoms. The van der Waals surface area contributed by atoms with Gasteiger partial charge in [-0.25, -0.2) is 0 Å². The first-order valence-corrected chi connectivity index (χ1v) is 9.32. The molecule has 0 fully saturated rings. The van der Waals surface area contributed by atoms with Crippen molar-refractivity contribution in [1.82, 2.24) is 20.4 Å². The Hall–Kier alpha value is -2.70. The van der Waals surface area contributed by atoms with Gasteiger partial charge < -0.3 is 20.1 Å². The van der Waals surface area contributed by atoms with Crippen molar-refractivity contribution in [3.8, 4) is 11.5 Å². The molecule has 0 unspecified atom stereocenters. The minimum Gasteiger partial charge on any atom is -0.493 e. The van der Waals surface area contributed by atoms with Gasteiger partial charge in [0.15, 0.2) is 17.5 Å². The lowest BCUT2D eigenvalue weighted by molar-refractivity contribution is 0.310. The molecule has 2 N–H and O–H groups in total. The largest absolute Gasteiger partial charge is 0.493 e. The SMILES string of the molecule is CCOc1cc(CNC(=NC)NCCCn2nc(C)cc2C)ccc1OC. The van der Waals surface area contributed by atoms with E-state index in [4.69, 9.17) is 9.47 Å². The fourth-order valence-corrected chi connectivity index (χ4v) is 2.84. The summed E-state index contributed by atoms with van der Waals surface area (Å²) in [6.45, 7) is 9.03. The third kappa shape index (κ3) is 6.20. The lowest BCUT2D eigenvalue weighted by Gasteiger charge is -2.14. The zero-order valence-corrected chi connectivity index (χ0v) is 17.0. The molecule has 2 aromatic rings. The lowest BCUT2D eigenvalue weighted by atomic mass is 10.2. The maximum absolute atomic E-state index is 5.63. The Balaban J connectivity index is 1.80. The molecule has 0 aliphatic heterocycles. The van der Waals surface area contributed by atoms with E-state index in [2.05, 4.69) is 33.7 Å². The Morgan fingerprint density at radius 2 is 2.00 bits per heavy atom. The summed E-state index contributed by atoms with van der Waals surface area (Å²) in [6.07, 6.45) is 0.972. The molecular formula is C20H31N5O2. The lowest BCUT2D eigenvalue weighted by Crippen LogP contribution is -2.37. The summed E-state index contributed by atoms with van der Waals surface area (Å²) in [5.41, 5.74) is 3.35. The van der Waals surface area contributed by atoms with Crippen molar-refractivity contribution >= 4 is 5.96 Å². The fraction of sp³-hybridized carbons (Fsp3) is 0.500. The number of guanidine groups is 1. The molecular weight excluding hydrogens is 342 g/mol. The number of hydrogen-bond acceptors (Lipinski definition) is 4. The Morgan fingerprint density at radius 1 is 1.19 bits per heavy atom. The maximum Gasteiger partial charge on any atom is 0.191 e. The molecule has 0 radical (unpaired) electrons. The first-order chi connectivity index (χ1) is 13.1. The van der Waals surface area contributed by atoms with E-state index in [9.17, 15) is 0 Å². The van der Waals surface area contributed by atoms with Crippen LogP contribution in [0.15, 0.2) is 29.3 Å². The Kier molecular flexibility index (Phi) is 7.98. The number of rotatable bonds is 9. The molecule has 0 aliphatic rings. The van der Waals surface area contributed by atoms with Gasteiger partial charge in [-0.15, -0.1) is 0 Å². The summed E-state index contributed by atoms with van der Waals surface area (Å²) in [4.78, 5) is 4.28. The predicted molar refractivity (Wildman–Crippen MR) is 109 cm³/mol. The van der Waals surface area contributed by atoms with Crippen LogP contribution in [-0.4, -0.2) is 43.0 Å². The van der Waals surface area contributed by atoms with Crippen LogP contribution in [0.2, 0.25) is 0 Å². The van der Waals surface area contributed by atoms with Crippen LogP contribution in [0.1, 0.15) is 30.3 Å². The highest BCUT2D eigenvalue weighted by Gasteiger charge is 2.06. The topological polar surface area (TPSA) is 72.7 Å². The molecule has 1 aromatic carbocycles. The van der Waals surface area contributed by atoms with Gasteiger partial charge in [-0.2, -0.15) is 5.10 Å². The van der Waals surface area contributed by atoms with Crippen molar-refractivity contribution in [3.63, 3.8) is 0 Å². The number of nitrogens with one attached hydrogen (secondary N) is 2. The number of aliphatic imine (C=N–C) groups is 1. The highest BCUT2D eigenvalue weighted by molar-refractivity contribution is 5.79. The molecule has 27 heavy (non-hydrogen) atoms. The smallest absolute Gasteiger partial charge is 0.191 e. The number of aromatic nitrogens is 2. The van der Waals surface area contributed by atoms with Crippen LogP contribution in [0.3, 0.4) is 0 Å². The van der Waals surface area contributed by atoms with E-state index in [-0.39, 0.29) is 0 Å². The minimum atomic E-state index is 0.603.